The monoisotopic (exact) mass is 750 g/mol. The summed E-state index contributed by atoms with van der Waals surface area (Å²) in [6.45, 7) is 10.5. The molecule has 2 saturated heterocycles. The van der Waals surface area contributed by atoms with E-state index in [1.54, 1.807) is 34.1 Å². The number of benzene rings is 4. The van der Waals surface area contributed by atoms with Gasteiger partial charge in [0.2, 0.25) is 23.6 Å². The molecule has 0 bridgehead atoms. The van der Waals surface area contributed by atoms with Gasteiger partial charge in [-0.05, 0) is 133 Å². The van der Waals surface area contributed by atoms with Crippen LogP contribution in [0.4, 0.5) is 20.2 Å². The maximum Gasteiger partial charge on any atom is 0.243 e. The molecule has 2 aliphatic heterocycles. The van der Waals surface area contributed by atoms with Gasteiger partial charge >= 0.3 is 0 Å². The third kappa shape index (κ3) is 9.84. The van der Waals surface area contributed by atoms with Gasteiger partial charge in [-0.1, -0.05) is 60.7 Å². The summed E-state index contributed by atoms with van der Waals surface area (Å²) in [6, 6.07) is 30.9. The van der Waals surface area contributed by atoms with Gasteiger partial charge in [0.25, 0.3) is 0 Å². The van der Waals surface area contributed by atoms with Crippen LogP contribution >= 0.6 is 0 Å². The summed E-state index contributed by atoms with van der Waals surface area (Å²) < 4.78 is 26.6. The van der Waals surface area contributed by atoms with E-state index in [2.05, 4.69) is 10.6 Å². The molecule has 6 rings (SSSR count). The maximum atomic E-state index is 13.6. The highest BCUT2D eigenvalue weighted by Gasteiger charge is 2.52. The third-order valence-corrected chi connectivity index (χ3v) is 10.0. The minimum Gasteiger partial charge on any atom is -0.353 e. The fourth-order valence-electron chi connectivity index (χ4n) is 7.41. The fourth-order valence-corrected chi connectivity index (χ4v) is 7.41. The van der Waals surface area contributed by atoms with Crippen LogP contribution in [0.15, 0.2) is 109 Å². The lowest BCUT2D eigenvalue weighted by Gasteiger charge is -2.42. The van der Waals surface area contributed by atoms with E-state index >= 15 is 0 Å². The van der Waals surface area contributed by atoms with Crippen molar-refractivity contribution in [1.29, 1.82) is 0 Å². The predicted octanol–water partition coefficient (Wildman–Crippen LogP) is 7.80. The van der Waals surface area contributed by atoms with Gasteiger partial charge in [-0.15, -0.1) is 0 Å². The lowest BCUT2D eigenvalue weighted by Crippen LogP contribution is -2.60. The maximum absolute atomic E-state index is 13.6. The van der Waals surface area contributed by atoms with Crippen LogP contribution in [0.2, 0.25) is 0 Å². The van der Waals surface area contributed by atoms with Gasteiger partial charge in [-0.3, -0.25) is 19.2 Å². The topological polar surface area (TPSA) is 98.8 Å². The number of anilines is 2. The predicted molar refractivity (Wildman–Crippen MR) is 212 cm³/mol. The first-order chi connectivity index (χ1) is 26.1. The smallest absolute Gasteiger partial charge is 0.243 e. The number of nitrogens with one attached hydrogen (secondary N) is 2. The molecule has 290 valence electrons. The SMILES string of the molecule is CC(C)(C)NC(=O)[C@]1(Cc2ccccc2)CCCN(c2ccc(F)cc2)C1=O.CC(C)NC(=O)[C@@]1(Cc2ccccc2)CCCN(c2ccc(F)cc2)C1=O. The molecule has 2 atom stereocenters. The first-order valence-corrected chi connectivity index (χ1v) is 19.0. The molecule has 0 aliphatic carbocycles. The molecule has 4 aromatic carbocycles. The third-order valence-electron chi connectivity index (χ3n) is 10.0. The Hall–Kier alpha value is -5.38. The summed E-state index contributed by atoms with van der Waals surface area (Å²) in [7, 11) is 0. The number of carbonyl (C=O) groups excluding carboxylic acids is 4. The van der Waals surface area contributed by atoms with Crippen molar-refractivity contribution in [1.82, 2.24) is 10.6 Å². The molecule has 0 saturated carbocycles. The largest absolute Gasteiger partial charge is 0.353 e. The highest BCUT2D eigenvalue weighted by Crippen LogP contribution is 2.39. The molecule has 2 aliphatic rings. The Bertz CT molecular complexity index is 1930. The van der Waals surface area contributed by atoms with E-state index in [1.807, 2.05) is 95.3 Å². The van der Waals surface area contributed by atoms with Crippen LogP contribution in [0, 0.1) is 22.5 Å². The molecule has 0 spiro atoms. The van der Waals surface area contributed by atoms with Crippen LogP contribution in [0.5, 0.6) is 0 Å². The van der Waals surface area contributed by atoms with E-state index in [-0.39, 0.29) is 41.3 Å². The zero-order chi connectivity index (χ0) is 39.8. The summed E-state index contributed by atoms with van der Waals surface area (Å²) in [5, 5.41) is 5.95. The summed E-state index contributed by atoms with van der Waals surface area (Å²) in [4.78, 5) is 56.9. The summed E-state index contributed by atoms with van der Waals surface area (Å²) in [6.07, 6.45) is 3.08. The average molecular weight is 751 g/mol. The molecule has 4 aromatic rings. The molecule has 0 aromatic heterocycles. The van der Waals surface area contributed by atoms with Gasteiger partial charge in [-0.25, -0.2) is 8.78 Å². The van der Waals surface area contributed by atoms with Gasteiger partial charge in [0.1, 0.15) is 22.5 Å². The Balaban J connectivity index is 0.000000211. The Kier molecular flexibility index (Phi) is 12.9. The number of halogens is 2. The van der Waals surface area contributed by atoms with E-state index < -0.39 is 16.4 Å². The lowest BCUT2D eigenvalue weighted by atomic mass is 9.73. The molecule has 2 heterocycles. The van der Waals surface area contributed by atoms with Crippen molar-refractivity contribution in [3.63, 3.8) is 0 Å². The molecule has 0 radical (unpaired) electrons. The minimum absolute atomic E-state index is 0.0563. The average Bonchev–Trinajstić information content (AvgIpc) is 3.14. The lowest BCUT2D eigenvalue weighted by molar-refractivity contribution is -0.146. The summed E-state index contributed by atoms with van der Waals surface area (Å²) in [5.41, 5.74) is 0.355. The molecule has 55 heavy (non-hydrogen) atoms. The van der Waals surface area contributed by atoms with Gasteiger partial charge in [0.15, 0.2) is 0 Å². The number of hydrogen-bond donors (Lipinski definition) is 2. The molecule has 10 heteroatoms. The standard InChI is InChI=1S/C23H27FN2O2.C22H25FN2O2/c1-22(2,3)25-20(27)23(16-17-8-5-4-6-9-17)14-7-15-26(21(23)28)19-12-10-18(24)11-13-19;1-16(2)24-20(26)22(15-17-7-4-3-5-8-17)13-6-14-25(21(22)27)19-11-9-18(23)10-12-19/h4-6,8-13H,7,14-16H2,1-3H3,(H,25,27);3-5,7-12,16H,6,13-15H2,1-2H3,(H,24,26)/t23-;22-/m10/s1. The zero-order valence-corrected chi connectivity index (χ0v) is 32.4. The quantitative estimate of drug-likeness (QED) is 0.171. The van der Waals surface area contributed by atoms with Gasteiger partial charge in [0.05, 0.1) is 0 Å². The van der Waals surface area contributed by atoms with E-state index in [9.17, 15) is 28.0 Å². The molecular weight excluding hydrogens is 699 g/mol. The van der Waals surface area contributed by atoms with Crippen molar-refractivity contribution in [3.05, 3.63) is 132 Å². The van der Waals surface area contributed by atoms with E-state index in [0.717, 1.165) is 11.1 Å². The Morgan fingerprint density at radius 2 is 1.02 bits per heavy atom. The number of carbonyl (C=O) groups is 4. The molecule has 8 nitrogen and oxygen atoms in total. The number of hydrogen-bond acceptors (Lipinski definition) is 4. The van der Waals surface area contributed by atoms with Crippen LogP contribution in [-0.2, 0) is 32.0 Å². The second-order valence-electron chi connectivity index (χ2n) is 15.9. The van der Waals surface area contributed by atoms with Gasteiger partial charge in [-0.2, -0.15) is 0 Å². The second kappa shape index (κ2) is 17.4. The summed E-state index contributed by atoms with van der Waals surface area (Å²) in [5.74, 6) is -1.64. The Morgan fingerprint density at radius 1 is 0.636 bits per heavy atom. The van der Waals surface area contributed by atoms with Crippen LogP contribution in [0.1, 0.15) is 71.4 Å². The van der Waals surface area contributed by atoms with Crippen molar-refractivity contribution < 1.29 is 28.0 Å². The van der Waals surface area contributed by atoms with Crippen molar-refractivity contribution >= 4 is 35.0 Å². The van der Waals surface area contributed by atoms with E-state index in [4.69, 9.17) is 0 Å². The fraction of sp³-hybridized carbons (Fsp3) is 0.378. The zero-order valence-electron chi connectivity index (χ0n) is 32.4. The van der Waals surface area contributed by atoms with Crippen LogP contribution < -0.4 is 20.4 Å². The van der Waals surface area contributed by atoms with Gasteiger partial charge in [0, 0.05) is 36.0 Å². The molecule has 4 amide bonds. The normalized spacial score (nSPS) is 20.1. The Morgan fingerprint density at radius 3 is 1.38 bits per heavy atom. The van der Waals surface area contributed by atoms with E-state index in [0.29, 0.717) is 63.0 Å². The number of amides is 4. The highest BCUT2D eigenvalue weighted by molar-refractivity contribution is 6.13. The highest BCUT2D eigenvalue weighted by atomic mass is 19.1. The first kappa shape index (κ1) is 40.8. The molecule has 2 fully saturated rings. The van der Waals surface area contributed by atoms with Crippen molar-refractivity contribution in [2.24, 2.45) is 10.8 Å². The molecule has 0 unspecified atom stereocenters. The van der Waals surface area contributed by atoms with Crippen molar-refractivity contribution in [3.8, 4) is 0 Å². The summed E-state index contributed by atoms with van der Waals surface area (Å²) >= 11 is 0. The van der Waals surface area contributed by atoms with Crippen molar-refractivity contribution in [2.45, 2.75) is 84.7 Å². The first-order valence-electron chi connectivity index (χ1n) is 19.0. The number of nitrogens with zero attached hydrogens (tertiary/aromatic N) is 2. The molecular formula is C45H52F2N4O4. The molecule has 2 N–H and O–H groups in total. The second-order valence-corrected chi connectivity index (χ2v) is 15.9. The van der Waals surface area contributed by atoms with Crippen molar-refractivity contribution in [2.75, 3.05) is 22.9 Å². The van der Waals surface area contributed by atoms with Gasteiger partial charge < -0.3 is 20.4 Å². The van der Waals surface area contributed by atoms with Crippen LogP contribution in [-0.4, -0.2) is 48.3 Å². The number of rotatable bonds is 9. The Labute approximate surface area is 323 Å². The van der Waals surface area contributed by atoms with Crippen LogP contribution in [0.3, 0.4) is 0 Å². The van der Waals surface area contributed by atoms with Crippen LogP contribution in [0.25, 0.3) is 0 Å². The number of piperidine rings is 2. The minimum atomic E-state index is -1.18. The van der Waals surface area contributed by atoms with E-state index in [1.165, 1.54) is 24.3 Å².